The molecule has 3 nitrogen and oxygen atoms in total. The minimum atomic E-state index is -0.248. The average Bonchev–Trinajstić information content (AvgIpc) is 3.22. The smallest absolute Gasteiger partial charge is 0.119 e. The van der Waals surface area contributed by atoms with Gasteiger partial charge in [-0.05, 0) is 114 Å². The third-order valence-electron chi connectivity index (χ3n) is 11.4. The second-order valence-corrected chi connectivity index (χ2v) is 16.9. The molecule has 5 atom stereocenters. The Morgan fingerprint density at radius 3 is 2.22 bits per heavy atom. The van der Waals surface area contributed by atoms with Crippen molar-refractivity contribution in [3.05, 3.63) is 29.3 Å². The summed E-state index contributed by atoms with van der Waals surface area (Å²) in [6.07, 6.45) is 10.8. The molecule has 41 heavy (non-hydrogen) atoms. The highest BCUT2D eigenvalue weighted by Gasteiger charge is 2.59. The highest BCUT2D eigenvalue weighted by Crippen LogP contribution is 2.62. The molecule has 2 fully saturated rings. The Morgan fingerprint density at radius 2 is 1.56 bits per heavy atom. The van der Waals surface area contributed by atoms with E-state index >= 15 is 0 Å². The third kappa shape index (κ3) is 6.15. The molecular weight excluding hydrogens is 504 g/mol. The summed E-state index contributed by atoms with van der Waals surface area (Å²) in [6.45, 7) is 26.4. The van der Waals surface area contributed by atoms with Gasteiger partial charge in [-0.3, -0.25) is 0 Å². The summed E-state index contributed by atoms with van der Waals surface area (Å²) in [5, 5.41) is 0. The van der Waals surface area contributed by atoms with Crippen LogP contribution in [0.4, 0.5) is 0 Å². The van der Waals surface area contributed by atoms with Crippen molar-refractivity contribution in [1.82, 2.24) is 0 Å². The summed E-state index contributed by atoms with van der Waals surface area (Å²) >= 11 is 0. The zero-order valence-electron chi connectivity index (χ0n) is 29.5. The molecule has 2 saturated carbocycles. The van der Waals surface area contributed by atoms with E-state index in [0.29, 0.717) is 24.3 Å². The van der Waals surface area contributed by atoms with Gasteiger partial charge in [0.15, 0.2) is 0 Å². The zero-order chi connectivity index (χ0) is 31.0. The predicted octanol–water partition coefficient (Wildman–Crippen LogP) is 10.4. The van der Waals surface area contributed by atoms with Crippen LogP contribution in [0.1, 0.15) is 146 Å². The second kappa shape index (κ2) is 12.1. The first-order valence-corrected chi connectivity index (χ1v) is 16.9. The maximum absolute atomic E-state index is 7.33. The van der Waals surface area contributed by atoms with Crippen molar-refractivity contribution in [2.75, 3.05) is 19.8 Å². The van der Waals surface area contributed by atoms with E-state index in [2.05, 4.69) is 87.4 Å². The Labute approximate surface area is 255 Å². The normalized spacial score (nSPS) is 29.0. The number of unbranched alkanes of at least 4 members (excludes halogenated alkanes) is 1. The van der Waals surface area contributed by atoms with E-state index in [4.69, 9.17) is 15.6 Å². The van der Waals surface area contributed by atoms with Crippen LogP contribution < -0.4 is 4.74 Å². The lowest BCUT2D eigenvalue weighted by molar-refractivity contribution is -0.240. The van der Waals surface area contributed by atoms with Crippen LogP contribution in [-0.2, 0) is 15.9 Å². The fourth-order valence-electron chi connectivity index (χ4n) is 10.7. The molecule has 0 heterocycles. The maximum Gasteiger partial charge on any atom is 0.119 e. The monoisotopic (exact) mass is 569 g/mol. The fourth-order valence-corrected chi connectivity index (χ4v) is 10.7. The lowest BCUT2D eigenvalue weighted by Crippen LogP contribution is -2.63. The number of aryl methyl sites for hydroxylation is 1. The first kappa shape index (κ1) is 31.4. The van der Waals surface area contributed by atoms with Crippen molar-refractivity contribution >= 4 is 0 Å². The number of benzene rings is 1. The minimum absolute atomic E-state index is 0.0186. The zero-order valence-corrected chi connectivity index (χ0v) is 28.5. The van der Waals surface area contributed by atoms with Gasteiger partial charge in [-0.25, -0.2) is 0 Å². The van der Waals surface area contributed by atoms with Gasteiger partial charge < -0.3 is 14.2 Å². The van der Waals surface area contributed by atoms with Crippen LogP contribution in [0, 0.1) is 33.5 Å². The summed E-state index contributed by atoms with van der Waals surface area (Å²) in [7, 11) is 0. The van der Waals surface area contributed by atoms with Gasteiger partial charge >= 0.3 is 0 Å². The van der Waals surface area contributed by atoms with E-state index in [0.717, 1.165) is 56.7 Å². The number of rotatable bonds is 10. The van der Waals surface area contributed by atoms with E-state index < -0.39 is 0 Å². The topological polar surface area (TPSA) is 27.7 Å². The molecule has 5 unspecified atom stereocenters. The van der Waals surface area contributed by atoms with Crippen molar-refractivity contribution in [3.63, 3.8) is 0 Å². The van der Waals surface area contributed by atoms with Gasteiger partial charge in [0.25, 0.3) is 0 Å². The van der Waals surface area contributed by atoms with Gasteiger partial charge in [0, 0.05) is 14.6 Å². The molecule has 1 aromatic carbocycles. The van der Waals surface area contributed by atoms with Gasteiger partial charge in [0.05, 0.1) is 18.3 Å². The van der Waals surface area contributed by atoms with Crippen molar-refractivity contribution in [2.24, 2.45) is 33.5 Å². The predicted molar refractivity (Wildman–Crippen MR) is 173 cm³/mol. The van der Waals surface area contributed by atoms with Crippen LogP contribution in [0.25, 0.3) is 0 Å². The summed E-state index contributed by atoms with van der Waals surface area (Å²) < 4.78 is 27.1. The Kier molecular flexibility index (Phi) is 9.29. The van der Waals surface area contributed by atoms with Crippen LogP contribution in [-0.4, -0.2) is 31.5 Å². The van der Waals surface area contributed by atoms with Crippen LogP contribution in [0.15, 0.2) is 18.2 Å². The number of ether oxygens (including phenoxy) is 3. The molecular formula is C38H64O3. The summed E-state index contributed by atoms with van der Waals surface area (Å²) in [6, 6.07) is 6.90. The van der Waals surface area contributed by atoms with E-state index in [1.54, 1.807) is 5.56 Å². The Balaban J connectivity index is 1.34. The summed E-state index contributed by atoms with van der Waals surface area (Å²) in [5.41, 5.74) is 3.21. The van der Waals surface area contributed by atoms with Gasteiger partial charge in [0.1, 0.15) is 5.75 Å². The molecule has 234 valence electrons. The van der Waals surface area contributed by atoms with Gasteiger partial charge in [-0.1, -0.05) is 88.6 Å². The quantitative estimate of drug-likeness (QED) is 0.262. The Hall–Kier alpha value is -1.06. The second-order valence-electron chi connectivity index (χ2n) is 16.9. The third-order valence-corrected chi connectivity index (χ3v) is 11.4. The Morgan fingerprint density at radius 1 is 0.854 bits per heavy atom. The molecule has 1 aromatic rings. The summed E-state index contributed by atoms with van der Waals surface area (Å²) in [5.74, 6) is 3.25. The molecule has 3 aliphatic rings. The van der Waals surface area contributed by atoms with Gasteiger partial charge in [0.2, 0.25) is 0 Å². The summed E-state index contributed by atoms with van der Waals surface area (Å²) in [4.78, 5) is 0. The van der Waals surface area contributed by atoms with Crippen molar-refractivity contribution in [3.8, 4) is 5.75 Å². The molecule has 3 heteroatoms. The molecule has 0 radical (unpaired) electrons. The number of fused-ring (bicyclic) bond motifs is 5. The molecule has 0 saturated heterocycles. The van der Waals surface area contributed by atoms with E-state index in [-0.39, 0.29) is 21.8 Å². The number of hydrogen-bond donors (Lipinski definition) is 0. The van der Waals surface area contributed by atoms with E-state index in [9.17, 15) is 0 Å². The van der Waals surface area contributed by atoms with Crippen molar-refractivity contribution < 1.29 is 15.6 Å². The van der Waals surface area contributed by atoms with Gasteiger partial charge in [-0.15, -0.1) is 0 Å². The minimum Gasteiger partial charge on any atom is -0.494 e. The molecule has 0 bridgehead atoms. The fraction of sp³-hybridized carbons (Fsp3) is 0.842. The Bertz CT molecular complexity index is 992. The lowest BCUT2D eigenvalue weighted by Gasteiger charge is -2.60. The molecule has 4 rings (SSSR count). The molecule has 0 aromatic heterocycles. The standard InChI is InChI=1S/C38H64O3/c1-12-13-23-39-28-16-18-29-27(26-28)15-17-31-30(29)21-22-37(11)32(31)19-20-33(37)40-24-14-25-41-38(34(2,3)4,35(5,6)7)36(8,9)10/h16,18,26,30-33H,12-15,17,19-25H2,1-11H3/i1D. The van der Waals surface area contributed by atoms with Gasteiger partial charge in [-0.2, -0.15) is 0 Å². The maximum atomic E-state index is 7.33. The van der Waals surface area contributed by atoms with Crippen LogP contribution in [0.5, 0.6) is 5.75 Å². The van der Waals surface area contributed by atoms with E-state index in [1.165, 1.54) is 44.1 Å². The first-order chi connectivity index (χ1) is 19.6. The molecule has 0 amide bonds. The largest absolute Gasteiger partial charge is 0.494 e. The lowest BCUT2D eigenvalue weighted by atomic mass is 9.52. The molecule has 3 aliphatic carbocycles. The molecule has 0 spiro atoms. The average molecular weight is 570 g/mol. The highest BCUT2D eigenvalue weighted by molar-refractivity contribution is 5.40. The van der Waals surface area contributed by atoms with Crippen molar-refractivity contribution in [2.45, 2.75) is 152 Å². The van der Waals surface area contributed by atoms with Crippen LogP contribution in [0.2, 0.25) is 0 Å². The van der Waals surface area contributed by atoms with E-state index in [1.807, 2.05) is 0 Å². The molecule has 0 N–H and O–H groups in total. The van der Waals surface area contributed by atoms with Crippen molar-refractivity contribution in [1.29, 1.82) is 0 Å². The SMILES string of the molecule is [2H]CCCCOc1ccc2c(c1)CCC1C2CCC2(C)C(OCCCOC(C(C)(C)C)(C(C)(C)C)C(C)(C)C)CCC12. The first-order valence-electron chi connectivity index (χ1n) is 17.6. The number of hydrogen-bond acceptors (Lipinski definition) is 3. The van der Waals surface area contributed by atoms with Crippen LogP contribution >= 0.6 is 0 Å². The molecule has 0 aliphatic heterocycles. The van der Waals surface area contributed by atoms with Crippen LogP contribution in [0.3, 0.4) is 0 Å². The highest BCUT2D eigenvalue weighted by atomic mass is 16.5.